The van der Waals surface area contributed by atoms with E-state index < -0.39 is 7.82 Å². The third kappa shape index (κ3) is 13.1. The van der Waals surface area contributed by atoms with E-state index >= 15 is 0 Å². The van der Waals surface area contributed by atoms with Gasteiger partial charge in [0.05, 0.1) is 13.2 Å². The molecule has 0 spiro atoms. The highest BCUT2D eigenvalue weighted by atomic mass is 31.2. The van der Waals surface area contributed by atoms with Crippen LogP contribution in [0.4, 0.5) is 0 Å². The minimum Gasteiger partial charge on any atom is -0.302 e. The van der Waals surface area contributed by atoms with E-state index in [1.807, 2.05) is 0 Å². The number of rotatable bonds is 16. The second kappa shape index (κ2) is 14.5. The van der Waals surface area contributed by atoms with Gasteiger partial charge >= 0.3 is 7.82 Å². The average molecular weight is 350 g/mol. The molecule has 1 N–H and O–H groups in total. The normalized spacial score (nSPS) is 16.9. The van der Waals surface area contributed by atoms with Crippen LogP contribution in [-0.2, 0) is 13.6 Å². The predicted molar refractivity (Wildman–Crippen MR) is 97.6 cm³/mol. The second-order valence-corrected chi connectivity index (χ2v) is 8.11. The van der Waals surface area contributed by atoms with Crippen LogP contribution in [0.2, 0.25) is 0 Å². The Balaban J connectivity index is 4.24. The Hall–Kier alpha value is 0.110. The van der Waals surface area contributed by atoms with Crippen molar-refractivity contribution in [3.05, 3.63) is 0 Å². The Morgan fingerprint density at radius 3 is 1.43 bits per heavy atom. The first-order valence-corrected chi connectivity index (χ1v) is 11.1. The summed E-state index contributed by atoms with van der Waals surface area (Å²) < 4.78 is 22.6. The molecule has 0 saturated carbocycles. The van der Waals surface area contributed by atoms with Crippen molar-refractivity contribution in [2.45, 2.75) is 91.9 Å². The molecule has 0 aromatic heterocycles. The lowest BCUT2D eigenvalue weighted by molar-refractivity contribution is 0.108. The van der Waals surface area contributed by atoms with Gasteiger partial charge in [-0.15, -0.1) is 0 Å². The van der Waals surface area contributed by atoms with Crippen molar-refractivity contribution in [3.63, 3.8) is 0 Å². The Labute approximate surface area is 144 Å². The van der Waals surface area contributed by atoms with E-state index in [4.69, 9.17) is 9.05 Å². The largest absolute Gasteiger partial charge is 0.472 e. The summed E-state index contributed by atoms with van der Waals surface area (Å²) in [5.41, 5.74) is 0. The third-order valence-corrected chi connectivity index (χ3v) is 5.22. The molecule has 0 bridgehead atoms. The van der Waals surface area contributed by atoms with Gasteiger partial charge in [-0.25, -0.2) is 4.57 Å². The standard InChI is InChI=1S/C18H39O4P/c1-5-9-13-17(11-7-3)15-21-23(19,20)22-16-18(12-8-4)14-10-6-2/h17-18H,5-16H2,1-4H3,(H,19,20). The summed E-state index contributed by atoms with van der Waals surface area (Å²) in [7, 11) is -3.91. The van der Waals surface area contributed by atoms with Gasteiger partial charge in [-0.05, 0) is 37.5 Å². The van der Waals surface area contributed by atoms with Crippen LogP contribution in [0.5, 0.6) is 0 Å². The van der Waals surface area contributed by atoms with Crippen LogP contribution in [-0.4, -0.2) is 18.1 Å². The van der Waals surface area contributed by atoms with Crippen LogP contribution in [0, 0.1) is 11.8 Å². The predicted octanol–water partition coefficient (Wildman–Crippen LogP) is 6.33. The summed E-state index contributed by atoms with van der Waals surface area (Å²) >= 11 is 0. The fourth-order valence-corrected chi connectivity index (χ4v) is 3.73. The summed E-state index contributed by atoms with van der Waals surface area (Å²) in [5, 5.41) is 0. The molecule has 2 unspecified atom stereocenters. The Kier molecular flexibility index (Phi) is 14.5. The highest BCUT2D eigenvalue weighted by molar-refractivity contribution is 7.47. The van der Waals surface area contributed by atoms with Gasteiger partial charge in [0.15, 0.2) is 0 Å². The number of phosphoric ester groups is 1. The van der Waals surface area contributed by atoms with E-state index in [1.165, 1.54) is 0 Å². The van der Waals surface area contributed by atoms with Crippen LogP contribution >= 0.6 is 7.82 Å². The SMILES string of the molecule is CCCCC(CCC)COP(=O)(O)OCC(CCC)CCCC. The number of phosphoric acid groups is 1. The summed E-state index contributed by atoms with van der Waals surface area (Å²) in [6, 6.07) is 0. The fraction of sp³-hybridized carbons (Fsp3) is 1.00. The molecule has 0 rings (SSSR count). The summed E-state index contributed by atoms with van der Waals surface area (Å²) in [6.45, 7) is 9.25. The second-order valence-electron chi connectivity index (χ2n) is 6.65. The van der Waals surface area contributed by atoms with E-state index in [1.54, 1.807) is 0 Å². The van der Waals surface area contributed by atoms with Crippen LogP contribution in [0.25, 0.3) is 0 Å². The number of unbranched alkanes of at least 4 members (excludes halogenated alkanes) is 2. The van der Waals surface area contributed by atoms with Gasteiger partial charge in [0, 0.05) is 0 Å². The van der Waals surface area contributed by atoms with Gasteiger partial charge in [-0.1, -0.05) is 66.2 Å². The van der Waals surface area contributed by atoms with Crippen molar-refractivity contribution in [2.75, 3.05) is 13.2 Å². The lowest BCUT2D eigenvalue weighted by atomic mass is 9.98. The van der Waals surface area contributed by atoms with Gasteiger partial charge < -0.3 is 4.89 Å². The van der Waals surface area contributed by atoms with Crippen molar-refractivity contribution in [2.24, 2.45) is 11.8 Å². The Bertz CT molecular complexity index is 283. The molecule has 0 aromatic carbocycles. The molecule has 23 heavy (non-hydrogen) atoms. The first-order valence-electron chi connectivity index (χ1n) is 9.60. The van der Waals surface area contributed by atoms with Gasteiger partial charge in [-0.2, -0.15) is 0 Å². The van der Waals surface area contributed by atoms with Crippen molar-refractivity contribution in [1.82, 2.24) is 0 Å². The molecule has 140 valence electrons. The summed E-state index contributed by atoms with van der Waals surface area (Å²) in [5.74, 6) is 0.714. The molecule has 0 heterocycles. The van der Waals surface area contributed by atoms with Gasteiger partial charge in [0.25, 0.3) is 0 Å². The third-order valence-electron chi connectivity index (χ3n) is 4.27. The van der Waals surface area contributed by atoms with Gasteiger partial charge in [-0.3, -0.25) is 9.05 Å². The molecule has 0 aliphatic rings. The van der Waals surface area contributed by atoms with Gasteiger partial charge in [0.1, 0.15) is 0 Å². The van der Waals surface area contributed by atoms with Crippen LogP contribution in [0.15, 0.2) is 0 Å². The lowest BCUT2D eigenvalue weighted by Gasteiger charge is -2.21. The van der Waals surface area contributed by atoms with E-state index in [-0.39, 0.29) is 0 Å². The molecular formula is C18H39O4P. The maximum atomic E-state index is 12.1. The zero-order valence-corrected chi connectivity index (χ0v) is 16.7. The molecule has 0 fully saturated rings. The maximum Gasteiger partial charge on any atom is 0.472 e. The molecule has 2 atom stereocenters. The fourth-order valence-electron chi connectivity index (χ4n) is 2.86. The van der Waals surface area contributed by atoms with Crippen molar-refractivity contribution >= 4 is 7.82 Å². The van der Waals surface area contributed by atoms with Crippen molar-refractivity contribution in [1.29, 1.82) is 0 Å². The zero-order chi connectivity index (χ0) is 17.6. The molecule has 0 aliphatic heterocycles. The van der Waals surface area contributed by atoms with Gasteiger partial charge in [0.2, 0.25) is 0 Å². The zero-order valence-electron chi connectivity index (χ0n) is 15.8. The first kappa shape index (κ1) is 23.1. The minimum absolute atomic E-state index is 0.328. The van der Waals surface area contributed by atoms with E-state index in [2.05, 4.69) is 27.7 Å². The van der Waals surface area contributed by atoms with Crippen LogP contribution < -0.4 is 0 Å². The number of hydrogen-bond donors (Lipinski definition) is 1. The Morgan fingerprint density at radius 1 is 0.739 bits per heavy atom. The van der Waals surface area contributed by atoms with E-state index in [0.717, 1.165) is 64.2 Å². The van der Waals surface area contributed by atoms with Crippen molar-refractivity contribution < 1.29 is 18.5 Å². The van der Waals surface area contributed by atoms with E-state index in [0.29, 0.717) is 25.0 Å². The topological polar surface area (TPSA) is 55.8 Å². The van der Waals surface area contributed by atoms with Crippen molar-refractivity contribution in [3.8, 4) is 0 Å². The Morgan fingerprint density at radius 2 is 1.13 bits per heavy atom. The monoisotopic (exact) mass is 350 g/mol. The minimum atomic E-state index is -3.91. The lowest BCUT2D eigenvalue weighted by Crippen LogP contribution is -2.12. The molecule has 0 saturated heterocycles. The first-order chi connectivity index (χ1) is 11.0. The molecule has 0 aliphatic carbocycles. The average Bonchev–Trinajstić information content (AvgIpc) is 2.53. The summed E-state index contributed by atoms with van der Waals surface area (Å²) in [6.07, 6.45) is 10.9. The highest BCUT2D eigenvalue weighted by Crippen LogP contribution is 2.45. The summed E-state index contributed by atoms with van der Waals surface area (Å²) in [4.78, 5) is 9.91. The van der Waals surface area contributed by atoms with Crippen LogP contribution in [0.3, 0.4) is 0 Å². The smallest absolute Gasteiger partial charge is 0.302 e. The number of hydrogen-bond acceptors (Lipinski definition) is 3. The molecule has 5 heteroatoms. The highest BCUT2D eigenvalue weighted by Gasteiger charge is 2.24. The maximum absolute atomic E-state index is 12.1. The quantitative estimate of drug-likeness (QED) is 0.330. The molecule has 0 amide bonds. The molecule has 0 radical (unpaired) electrons. The molecule has 0 aromatic rings. The molecule has 4 nitrogen and oxygen atoms in total. The van der Waals surface area contributed by atoms with Crippen LogP contribution in [0.1, 0.15) is 91.9 Å². The van der Waals surface area contributed by atoms with E-state index in [9.17, 15) is 9.46 Å². The molecular weight excluding hydrogens is 311 g/mol.